The third kappa shape index (κ3) is 3.77. The first-order valence-electron chi connectivity index (χ1n) is 7.36. The van der Waals surface area contributed by atoms with Crippen molar-refractivity contribution in [2.45, 2.75) is 65.0 Å². The van der Waals surface area contributed by atoms with E-state index in [0.29, 0.717) is 6.04 Å². The molecule has 3 atom stereocenters. The topological polar surface area (TPSA) is 50.9 Å². The van der Waals surface area contributed by atoms with E-state index in [1.807, 2.05) is 0 Å². The summed E-state index contributed by atoms with van der Waals surface area (Å²) in [6, 6.07) is 0.351. The molecule has 1 aliphatic carbocycles. The lowest BCUT2D eigenvalue weighted by Gasteiger charge is -2.37. The van der Waals surface area contributed by atoms with E-state index in [9.17, 15) is 0 Å². The first-order valence-corrected chi connectivity index (χ1v) is 8.17. The number of hydrogen-bond acceptors (Lipinski definition) is 4. The molecule has 0 amide bonds. The molecule has 0 aliphatic heterocycles. The molecule has 2 rings (SSSR count). The molecule has 3 unspecified atom stereocenters. The second kappa shape index (κ2) is 5.90. The summed E-state index contributed by atoms with van der Waals surface area (Å²) < 4.78 is 0. The van der Waals surface area contributed by atoms with Gasteiger partial charge in [0.2, 0.25) is 0 Å². The first kappa shape index (κ1) is 14.9. The molecule has 0 bridgehead atoms. The average molecular weight is 281 g/mol. The van der Waals surface area contributed by atoms with Gasteiger partial charge in [0.05, 0.1) is 10.7 Å². The van der Waals surface area contributed by atoms with Crippen LogP contribution in [0.25, 0.3) is 0 Å². The Morgan fingerprint density at radius 3 is 2.84 bits per heavy atom. The second-order valence-electron chi connectivity index (χ2n) is 6.35. The predicted molar refractivity (Wildman–Crippen MR) is 82.6 cm³/mol. The molecule has 3 nitrogen and oxygen atoms in total. The van der Waals surface area contributed by atoms with Gasteiger partial charge in [-0.25, -0.2) is 4.98 Å². The largest absolute Gasteiger partial charge is 0.324 e. The Kier molecular flexibility index (Phi) is 4.64. The lowest BCUT2D eigenvalue weighted by Crippen LogP contribution is -2.51. The fourth-order valence-electron chi connectivity index (χ4n) is 3.26. The maximum Gasteiger partial charge on any atom is 0.0900 e. The van der Waals surface area contributed by atoms with Gasteiger partial charge in [-0.15, -0.1) is 11.3 Å². The number of hydrogen-bond donors (Lipinski definition) is 2. The van der Waals surface area contributed by atoms with Crippen molar-refractivity contribution in [3.8, 4) is 0 Å². The molecular formula is C15H27N3S. The summed E-state index contributed by atoms with van der Waals surface area (Å²) in [5, 5.41) is 4.78. The van der Waals surface area contributed by atoms with E-state index in [4.69, 9.17) is 5.73 Å². The Labute approximate surface area is 121 Å². The molecule has 1 aliphatic rings. The Hall–Kier alpha value is -0.450. The van der Waals surface area contributed by atoms with Gasteiger partial charge < -0.3 is 11.1 Å². The Morgan fingerprint density at radius 2 is 2.26 bits per heavy atom. The van der Waals surface area contributed by atoms with E-state index in [1.54, 1.807) is 11.3 Å². The normalized spacial score (nSPS) is 29.4. The molecule has 1 aromatic rings. The number of aryl methyl sites for hydroxylation is 2. The van der Waals surface area contributed by atoms with Gasteiger partial charge in [-0.2, -0.15) is 0 Å². The number of nitrogens with one attached hydrogen (secondary N) is 1. The summed E-state index contributed by atoms with van der Waals surface area (Å²) in [5.74, 6) is 0.767. The van der Waals surface area contributed by atoms with Crippen molar-refractivity contribution in [3.63, 3.8) is 0 Å². The Morgan fingerprint density at radius 1 is 1.53 bits per heavy atom. The maximum absolute atomic E-state index is 6.54. The molecule has 0 spiro atoms. The number of rotatable bonds is 4. The standard InChI is InChI=1S/C15H27N3S/c1-10-6-5-7-15(16,8-10)9-17-11(2)14-12(3)18-13(4)19-14/h10-11,17H,5-9,16H2,1-4H3. The smallest absolute Gasteiger partial charge is 0.0900 e. The fraction of sp³-hybridized carbons (Fsp3) is 0.800. The van der Waals surface area contributed by atoms with Crippen molar-refractivity contribution in [1.82, 2.24) is 10.3 Å². The highest BCUT2D eigenvalue weighted by atomic mass is 32.1. The molecule has 1 saturated carbocycles. The molecule has 0 saturated heterocycles. The molecule has 1 heterocycles. The summed E-state index contributed by atoms with van der Waals surface area (Å²) in [5.41, 5.74) is 7.69. The van der Waals surface area contributed by atoms with Crippen LogP contribution in [0.3, 0.4) is 0 Å². The second-order valence-corrected chi connectivity index (χ2v) is 7.58. The van der Waals surface area contributed by atoms with Crippen LogP contribution in [0.2, 0.25) is 0 Å². The van der Waals surface area contributed by atoms with Crippen molar-refractivity contribution in [2.75, 3.05) is 6.54 Å². The van der Waals surface area contributed by atoms with Crippen molar-refractivity contribution in [2.24, 2.45) is 11.7 Å². The molecule has 4 heteroatoms. The van der Waals surface area contributed by atoms with Crippen LogP contribution in [0.1, 0.15) is 61.2 Å². The van der Waals surface area contributed by atoms with Crippen molar-refractivity contribution < 1.29 is 0 Å². The summed E-state index contributed by atoms with van der Waals surface area (Å²) in [7, 11) is 0. The average Bonchev–Trinajstić information content (AvgIpc) is 2.65. The van der Waals surface area contributed by atoms with E-state index in [2.05, 4.69) is 38.0 Å². The fourth-order valence-corrected chi connectivity index (χ4v) is 4.21. The predicted octanol–water partition coefficient (Wildman–Crippen LogP) is 3.32. The van der Waals surface area contributed by atoms with E-state index in [1.165, 1.54) is 17.7 Å². The van der Waals surface area contributed by atoms with Gasteiger partial charge in [0.25, 0.3) is 0 Å². The highest BCUT2D eigenvalue weighted by Gasteiger charge is 2.31. The van der Waals surface area contributed by atoms with Gasteiger partial charge >= 0.3 is 0 Å². The van der Waals surface area contributed by atoms with E-state index in [0.717, 1.165) is 36.0 Å². The molecule has 3 N–H and O–H groups in total. The monoisotopic (exact) mass is 281 g/mol. The van der Waals surface area contributed by atoms with Crippen molar-refractivity contribution in [1.29, 1.82) is 0 Å². The quantitative estimate of drug-likeness (QED) is 0.890. The molecule has 0 aromatic carbocycles. The third-order valence-electron chi connectivity index (χ3n) is 4.22. The van der Waals surface area contributed by atoms with Crippen LogP contribution >= 0.6 is 11.3 Å². The first-order chi connectivity index (χ1) is 8.89. The Bertz CT molecular complexity index is 429. The third-order valence-corrected chi connectivity index (χ3v) is 5.48. The van der Waals surface area contributed by atoms with Crippen LogP contribution in [0, 0.1) is 19.8 Å². The van der Waals surface area contributed by atoms with Crippen LogP contribution in [0.15, 0.2) is 0 Å². The van der Waals surface area contributed by atoms with Gasteiger partial charge in [0.1, 0.15) is 0 Å². The van der Waals surface area contributed by atoms with Gasteiger partial charge in [0.15, 0.2) is 0 Å². The van der Waals surface area contributed by atoms with Gasteiger partial charge in [-0.3, -0.25) is 0 Å². The summed E-state index contributed by atoms with van der Waals surface area (Å²) in [4.78, 5) is 5.86. The highest BCUT2D eigenvalue weighted by Crippen LogP contribution is 2.31. The maximum atomic E-state index is 6.54. The summed E-state index contributed by atoms with van der Waals surface area (Å²) >= 11 is 1.79. The zero-order valence-corrected chi connectivity index (χ0v) is 13.4. The van der Waals surface area contributed by atoms with Crippen molar-refractivity contribution >= 4 is 11.3 Å². The van der Waals surface area contributed by atoms with E-state index < -0.39 is 0 Å². The minimum Gasteiger partial charge on any atom is -0.324 e. The number of nitrogens with zero attached hydrogens (tertiary/aromatic N) is 1. The van der Waals surface area contributed by atoms with Crippen LogP contribution in [-0.4, -0.2) is 17.1 Å². The number of aromatic nitrogens is 1. The Balaban J connectivity index is 1.93. The van der Waals surface area contributed by atoms with Crippen LogP contribution in [-0.2, 0) is 0 Å². The van der Waals surface area contributed by atoms with Crippen LogP contribution in [0.5, 0.6) is 0 Å². The summed E-state index contributed by atoms with van der Waals surface area (Å²) in [6.45, 7) is 9.62. The zero-order chi connectivity index (χ0) is 14.0. The van der Waals surface area contributed by atoms with Crippen LogP contribution < -0.4 is 11.1 Å². The molecule has 108 valence electrons. The number of thiazole rings is 1. The summed E-state index contributed by atoms with van der Waals surface area (Å²) in [6.07, 6.45) is 4.90. The number of nitrogens with two attached hydrogens (primary N) is 1. The zero-order valence-electron chi connectivity index (χ0n) is 12.6. The molecule has 19 heavy (non-hydrogen) atoms. The lowest BCUT2D eigenvalue weighted by atomic mass is 9.77. The minimum atomic E-state index is -0.0143. The van der Waals surface area contributed by atoms with Crippen LogP contribution in [0.4, 0.5) is 0 Å². The minimum absolute atomic E-state index is 0.0143. The molecule has 0 radical (unpaired) electrons. The SMILES string of the molecule is Cc1nc(C)c(C(C)NCC2(N)CCCC(C)C2)s1. The molecular weight excluding hydrogens is 254 g/mol. The van der Waals surface area contributed by atoms with Gasteiger partial charge in [-0.05, 0) is 39.5 Å². The lowest BCUT2D eigenvalue weighted by molar-refractivity contribution is 0.225. The van der Waals surface area contributed by atoms with Gasteiger partial charge in [-0.1, -0.05) is 19.8 Å². The van der Waals surface area contributed by atoms with E-state index in [-0.39, 0.29) is 5.54 Å². The van der Waals surface area contributed by atoms with Gasteiger partial charge in [0, 0.05) is 23.0 Å². The van der Waals surface area contributed by atoms with E-state index >= 15 is 0 Å². The molecule has 1 aromatic heterocycles. The highest BCUT2D eigenvalue weighted by molar-refractivity contribution is 7.11. The van der Waals surface area contributed by atoms with Crippen molar-refractivity contribution in [3.05, 3.63) is 15.6 Å². The molecule has 1 fully saturated rings.